The van der Waals surface area contributed by atoms with Gasteiger partial charge in [0.05, 0.1) is 5.71 Å². The van der Waals surface area contributed by atoms with Crippen LogP contribution in [0.2, 0.25) is 0 Å². The standard InChI is InChI=1S/C56H50N2/c1-54(2)47-25-24-41(31-44(47)46-32-45-43-18-10-11-19-48(43)55(27-12-5-13-28-55)50(45)33-49(46)54)56-29-26-40(30-42(56)35-56)52-34-51(57-53(58-52)39-16-8-4-9-17-39)38-22-20-37(21-23-38)36-14-6-3-7-15-36/h3-4,6-11,14-26,29-34,42,45,50,53,57H,5,12-13,27-28,35H2,1-2H3. The number of rotatable bonds is 5. The lowest BCUT2D eigenvalue weighted by Crippen LogP contribution is -2.35. The van der Waals surface area contributed by atoms with Gasteiger partial charge in [-0.05, 0) is 110 Å². The Balaban J connectivity index is 0.870. The predicted molar refractivity (Wildman–Crippen MR) is 240 cm³/mol. The molecule has 1 aliphatic heterocycles. The number of hydrogen-bond acceptors (Lipinski definition) is 2. The normalized spacial score (nSPS) is 27.7. The molecule has 1 N–H and O–H groups in total. The fourth-order valence-corrected chi connectivity index (χ4v) is 12.2. The molecule has 0 aromatic heterocycles. The number of nitrogens with zero attached hydrogens (tertiary/aromatic N) is 1. The summed E-state index contributed by atoms with van der Waals surface area (Å²) in [4.78, 5) is 5.34. The van der Waals surface area contributed by atoms with Crippen LogP contribution >= 0.6 is 0 Å². The largest absolute Gasteiger partial charge is 0.360 e. The van der Waals surface area contributed by atoms with Crippen molar-refractivity contribution in [3.63, 3.8) is 0 Å². The van der Waals surface area contributed by atoms with Gasteiger partial charge in [0.25, 0.3) is 0 Å². The molecule has 58 heavy (non-hydrogen) atoms. The van der Waals surface area contributed by atoms with Crippen LogP contribution in [0.15, 0.2) is 180 Å². The zero-order valence-electron chi connectivity index (χ0n) is 33.6. The van der Waals surface area contributed by atoms with Crippen LogP contribution in [-0.2, 0) is 16.2 Å². The molecule has 7 aliphatic rings. The summed E-state index contributed by atoms with van der Waals surface area (Å²) in [6.07, 6.45) is 22.9. The first-order valence-electron chi connectivity index (χ1n) is 21.8. The lowest BCUT2D eigenvalue weighted by Gasteiger charge is -2.42. The third-order valence-electron chi connectivity index (χ3n) is 15.4. The van der Waals surface area contributed by atoms with E-state index in [1.165, 1.54) is 82.2 Å². The molecule has 1 heterocycles. The molecule has 0 amide bonds. The SMILES string of the molecule is CC1(C)C2=CC3C(C=C2c2cc(C45C=CC(C6=NC(c7ccccc7)NC(c7ccc(-c8ccccc8)cc7)=C6)=CC4C5)ccc21)c1ccccc1C31CCCCC1. The van der Waals surface area contributed by atoms with Crippen LogP contribution in [0.4, 0.5) is 0 Å². The molecule has 0 saturated heterocycles. The highest BCUT2D eigenvalue weighted by molar-refractivity contribution is 6.14. The Bertz CT molecular complexity index is 2680. The van der Waals surface area contributed by atoms with Crippen molar-refractivity contribution in [2.45, 2.75) is 80.7 Å². The second-order valence-electron chi connectivity index (χ2n) is 18.7. The van der Waals surface area contributed by atoms with E-state index < -0.39 is 0 Å². The number of aliphatic imine (C=N–C) groups is 1. The lowest BCUT2D eigenvalue weighted by atomic mass is 9.62. The molecule has 1 spiro atoms. The lowest BCUT2D eigenvalue weighted by molar-refractivity contribution is 0.232. The number of allylic oxidation sites excluding steroid dienone is 9. The van der Waals surface area contributed by atoms with Crippen molar-refractivity contribution < 1.29 is 0 Å². The van der Waals surface area contributed by atoms with Crippen LogP contribution in [-0.4, -0.2) is 5.71 Å². The zero-order valence-corrected chi connectivity index (χ0v) is 33.6. The summed E-state index contributed by atoms with van der Waals surface area (Å²) in [6, 6.07) is 47.2. The van der Waals surface area contributed by atoms with Gasteiger partial charge in [0.15, 0.2) is 0 Å². The fraction of sp³-hybridized carbons (Fsp3) is 0.268. The molecule has 5 aromatic rings. The first-order chi connectivity index (χ1) is 28.4. The van der Waals surface area contributed by atoms with Gasteiger partial charge in [0, 0.05) is 27.9 Å². The molecule has 12 rings (SSSR count). The molecule has 2 nitrogen and oxygen atoms in total. The monoisotopic (exact) mass is 750 g/mol. The fourth-order valence-electron chi connectivity index (χ4n) is 12.2. The van der Waals surface area contributed by atoms with Crippen LogP contribution in [0, 0.1) is 11.8 Å². The zero-order chi connectivity index (χ0) is 38.6. The Kier molecular flexibility index (Phi) is 7.48. The second kappa shape index (κ2) is 12.6. The molecule has 2 saturated carbocycles. The molecule has 5 aromatic carbocycles. The first kappa shape index (κ1) is 34.3. The third-order valence-corrected chi connectivity index (χ3v) is 15.4. The summed E-state index contributed by atoms with van der Waals surface area (Å²) in [5.41, 5.74) is 19.2. The van der Waals surface area contributed by atoms with E-state index in [9.17, 15) is 0 Å². The number of benzene rings is 5. The van der Waals surface area contributed by atoms with Crippen molar-refractivity contribution in [2.24, 2.45) is 16.8 Å². The molecule has 5 unspecified atom stereocenters. The Morgan fingerprint density at radius 2 is 1.40 bits per heavy atom. The van der Waals surface area contributed by atoms with Gasteiger partial charge < -0.3 is 5.32 Å². The van der Waals surface area contributed by atoms with Crippen molar-refractivity contribution >= 4 is 17.0 Å². The number of nitrogens with one attached hydrogen (secondary N) is 1. The van der Waals surface area contributed by atoms with E-state index in [0.29, 0.717) is 23.2 Å². The molecule has 6 aliphatic carbocycles. The van der Waals surface area contributed by atoms with Crippen LogP contribution in [0.25, 0.3) is 22.4 Å². The van der Waals surface area contributed by atoms with Gasteiger partial charge in [0.2, 0.25) is 0 Å². The Labute approximate surface area is 343 Å². The van der Waals surface area contributed by atoms with Crippen LogP contribution in [0.3, 0.4) is 0 Å². The predicted octanol–water partition coefficient (Wildman–Crippen LogP) is 13.1. The molecule has 284 valence electrons. The Morgan fingerprint density at radius 3 is 2.19 bits per heavy atom. The van der Waals surface area contributed by atoms with Gasteiger partial charge in [-0.3, -0.25) is 4.99 Å². The Hall–Kier alpha value is -5.73. The summed E-state index contributed by atoms with van der Waals surface area (Å²) in [5, 5.41) is 3.77. The summed E-state index contributed by atoms with van der Waals surface area (Å²) in [5.74, 6) is 1.49. The topological polar surface area (TPSA) is 24.4 Å². The summed E-state index contributed by atoms with van der Waals surface area (Å²) >= 11 is 0. The Morgan fingerprint density at radius 1 is 0.672 bits per heavy atom. The molecule has 0 radical (unpaired) electrons. The minimum absolute atomic E-state index is 0.000239. The van der Waals surface area contributed by atoms with E-state index in [4.69, 9.17) is 4.99 Å². The summed E-state index contributed by atoms with van der Waals surface area (Å²) in [6.45, 7) is 4.95. The van der Waals surface area contributed by atoms with Crippen molar-refractivity contribution in [3.05, 3.63) is 214 Å². The third kappa shape index (κ3) is 5.06. The molecule has 0 bridgehead atoms. The van der Waals surface area contributed by atoms with Gasteiger partial charge in [-0.2, -0.15) is 0 Å². The van der Waals surface area contributed by atoms with Gasteiger partial charge in [-0.15, -0.1) is 0 Å². The van der Waals surface area contributed by atoms with Crippen molar-refractivity contribution in [2.75, 3.05) is 0 Å². The highest BCUT2D eigenvalue weighted by Crippen LogP contribution is 2.65. The minimum Gasteiger partial charge on any atom is -0.360 e. The molecular formula is C56H50N2. The smallest absolute Gasteiger partial charge is 0.145 e. The molecule has 2 heteroatoms. The van der Waals surface area contributed by atoms with Crippen LogP contribution < -0.4 is 5.32 Å². The molecule has 2 fully saturated rings. The molecular weight excluding hydrogens is 701 g/mol. The minimum atomic E-state index is -0.157. The maximum atomic E-state index is 5.34. The average molecular weight is 751 g/mol. The van der Waals surface area contributed by atoms with Crippen molar-refractivity contribution in [3.8, 4) is 11.1 Å². The summed E-state index contributed by atoms with van der Waals surface area (Å²) < 4.78 is 0. The number of fused-ring (bicyclic) bond motifs is 9. The van der Waals surface area contributed by atoms with E-state index in [2.05, 4.69) is 183 Å². The molecule has 5 atom stereocenters. The summed E-state index contributed by atoms with van der Waals surface area (Å²) in [7, 11) is 0. The highest BCUT2D eigenvalue weighted by atomic mass is 15.1. The van der Waals surface area contributed by atoms with E-state index in [1.807, 2.05) is 0 Å². The first-order valence-corrected chi connectivity index (χ1v) is 21.8. The van der Waals surface area contributed by atoms with Gasteiger partial charge >= 0.3 is 0 Å². The van der Waals surface area contributed by atoms with E-state index in [1.54, 1.807) is 16.7 Å². The average Bonchev–Trinajstić information content (AvgIpc) is 3.93. The van der Waals surface area contributed by atoms with E-state index in [-0.39, 0.29) is 17.0 Å². The maximum absolute atomic E-state index is 5.34. The van der Waals surface area contributed by atoms with E-state index in [0.717, 1.165) is 17.8 Å². The van der Waals surface area contributed by atoms with Crippen LogP contribution in [0.5, 0.6) is 0 Å². The van der Waals surface area contributed by atoms with Gasteiger partial charge in [0.1, 0.15) is 6.17 Å². The maximum Gasteiger partial charge on any atom is 0.145 e. The highest BCUT2D eigenvalue weighted by Gasteiger charge is 2.56. The second-order valence-corrected chi connectivity index (χ2v) is 18.7. The quantitative estimate of drug-likeness (QED) is 0.190. The van der Waals surface area contributed by atoms with Crippen LogP contribution in [0.1, 0.15) is 103 Å². The van der Waals surface area contributed by atoms with Gasteiger partial charge in [-0.1, -0.05) is 185 Å². The van der Waals surface area contributed by atoms with Crippen molar-refractivity contribution in [1.82, 2.24) is 5.32 Å². The number of hydrogen-bond donors (Lipinski definition) is 1. The van der Waals surface area contributed by atoms with Crippen molar-refractivity contribution in [1.29, 1.82) is 0 Å². The van der Waals surface area contributed by atoms with E-state index >= 15 is 0 Å². The van der Waals surface area contributed by atoms with Gasteiger partial charge in [-0.25, -0.2) is 0 Å².